The minimum absolute atomic E-state index is 0.0440. The van der Waals surface area contributed by atoms with E-state index in [1.165, 1.54) is 4.31 Å². The zero-order chi connectivity index (χ0) is 19.4. The fourth-order valence-corrected chi connectivity index (χ4v) is 5.05. The van der Waals surface area contributed by atoms with Gasteiger partial charge < -0.3 is 14.4 Å². The molecule has 1 fully saturated rings. The number of sulfonamides is 1. The lowest BCUT2D eigenvalue weighted by Crippen LogP contribution is -2.34. The lowest BCUT2D eigenvalue weighted by Gasteiger charge is -2.20. The quantitative estimate of drug-likeness (QED) is 0.844. The molecule has 0 spiro atoms. The number of aromatic nitrogens is 2. The standard InChI is InChI=1S/C18H23N3O5S/c1-11(2)16-19-17(26-20-16)18(22)6-7-21(10-18)27(23,24)14-4-5-15-13(9-14)8-12(3)25-15/h4-5,9,11-12,22H,6-8,10H2,1-3H3/t12-,18-/m0/s1. The Hall–Kier alpha value is -1.97. The van der Waals surface area contributed by atoms with Crippen LogP contribution in [0.5, 0.6) is 5.75 Å². The number of ether oxygens (including phenoxy) is 1. The van der Waals surface area contributed by atoms with E-state index in [2.05, 4.69) is 10.1 Å². The van der Waals surface area contributed by atoms with E-state index in [-0.39, 0.29) is 42.3 Å². The van der Waals surface area contributed by atoms with E-state index in [0.717, 1.165) is 11.3 Å². The fraction of sp³-hybridized carbons (Fsp3) is 0.556. The van der Waals surface area contributed by atoms with E-state index in [4.69, 9.17) is 9.26 Å². The molecule has 146 valence electrons. The second kappa shape index (κ2) is 6.29. The Morgan fingerprint density at radius 3 is 2.85 bits per heavy atom. The number of hydrogen-bond acceptors (Lipinski definition) is 7. The van der Waals surface area contributed by atoms with Crippen LogP contribution in [-0.4, -0.2) is 47.2 Å². The third-order valence-electron chi connectivity index (χ3n) is 5.07. The van der Waals surface area contributed by atoms with Gasteiger partial charge in [-0.05, 0) is 30.7 Å². The van der Waals surface area contributed by atoms with Gasteiger partial charge in [0, 0.05) is 25.3 Å². The first-order valence-electron chi connectivity index (χ1n) is 9.05. The first kappa shape index (κ1) is 18.4. The molecule has 2 atom stereocenters. The van der Waals surface area contributed by atoms with Gasteiger partial charge in [0.25, 0.3) is 5.89 Å². The average Bonchev–Trinajstić information content (AvgIpc) is 3.31. The van der Waals surface area contributed by atoms with Crippen molar-refractivity contribution in [2.24, 2.45) is 0 Å². The van der Waals surface area contributed by atoms with Gasteiger partial charge in [-0.15, -0.1) is 0 Å². The van der Waals surface area contributed by atoms with Crippen molar-refractivity contribution in [3.05, 3.63) is 35.5 Å². The predicted molar refractivity (Wildman–Crippen MR) is 95.9 cm³/mol. The number of rotatable bonds is 4. The van der Waals surface area contributed by atoms with Crippen LogP contribution in [0.2, 0.25) is 0 Å². The predicted octanol–water partition coefficient (Wildman–Crippen LogP) is 1.80. The number of β-amino-alcohol motifs (C(OH)–C–C–N with tert-alkyl or cyclic N) is 1. The normalized spacial score (nSPS) is 25.7. The number of hydrogen-bond donors (Lipinski definition) is 1. The summed E-state index contributed by atoms with van der Waals surface area (Å²) in [5.41, 5.74) is -0.585. The topological polar surface area (TPSA) is 106 Å². The molecule has 1 N–H and O–H groups in total. The van der Waals surface area contributed by atoms with Gasteiger partial charge in [0.05, 0.1) is 11.4 Å². The maximum atomic E-state index is 13.1. The van der Waals surface area contributed by atoms with Gasteiger partial charge >= 0.3 is 0 Å². The van der Waals surface area contributed by atoms with Crippen molar-refractivity contribution in [1.29, 1.82) is 0 Å². The first-order chi connectivity index (χ1) is 12.7. The molecule has 1 saturated heterocycles. The molecule has 2 aliphatic heterocycles. The summed E-state index contributed by atoms with van der Waals surface area (Å²) in [4.78, 5) is 4.45. The summed E-state index contributed by atoms with van der Waals surface area (Å²) < 4.78 is 38.2. The average molecular weight is 393 g/mol. The van der Waals surface area contributed by atoms with Crippen molar-refractivity contribution in [3.63, 3.8) is 0 Å². The Bertz CT molecular complexity index is 971. The van der Waals surface area contributed by atoms with E-state index >= 15 is 0 Å². The number of fused-ring (bicyclic) bond motifs is 1. The molecule has 0 amide bonds. The Kier molecular flexibility index (Phi) is 4.28. The van der Waals surface area contributed by atoms with E-state index in [1.54, 1.807) is 18.2 Å². The molecule has 9 heteroatoms. The number of aliphatic hydroxyl groups is 1. The maximum Gasteiger partial charge on any atom is 0.260 e. The molecule has 4 rings (SSSR count). The summed E-state index contributed by atoms with van der Waals surface area (Å²) in [6.07, 6.45) is 0.933. The SMILES string of the molecule is CC(C)c1noc([C@]2(O)CCN(S(=O)(=O)c3ccc4c(c3)C[C@H](C)O4)C2)n1. The number of nitrogens with zero attached hydrogens (tertiary/aromatic N) is 3. The highest BCUT2D eigenvalue weighted by Gasteiger charge is 2.47. The van der Waals surface area contributed by atoms with Crippen LogP contribution in [0.1, 0.15) is 50.4 Å². The van der Waals surface area contributed by atoms with Gasteiger partial charge in [-0.2, -0.15) is 9.29 Å². The highest BCUT2D eigenvalue weighted by atomic mass is 32.2. The van der Waals surface area contributed by atoms with Crippen molar-refractivity contribution < 1.29 is 22.8 Å². The smallest absolute Gasteiger partial charge is 0.260 e. The van der Waals surface area contributed by atoms with Crippen molar-refractivity contribution in [2.75, 3.05) is 13.1 Å². The molecule has 0 aliphatic carbocycles. The minimum Gasteiger partial charge on any atom is -0.490 e. The molecule has 3 heterocycles. The maximum absolute atomic E-state index is 13.1. The van der Waals surface area contributed by atoms with Crippen LogP contribution < -0.4 is 4.74 Å². The molecule has 0 saturated carbocycles. The summed E-state index contributed by atoms with van der Waals surface area (Å²) in [5.74, 6) is 1.35. The highest BCUT2D eigenvalue weighted by Crippen LogP contribution is 2.36. The van der Waals surface area contributed by atoms with Crippen LogP contribution in [0.15, 0.2) is 27.6 Å². The van der Waals surface area contributed by atoms with Crippen molar-refractivity contribution in [2.45, 2.75) is 56.1 Å². The van der Waals surface area contributed by atoms with Crippen LogP contribution in [0.25, 0.3) is 0 Å². The van der Waals surface area contributed by atoms with Crippen LogP contribution in [0, 0.1) is 0 Å². The molecule has 2 aromatic rings. The lowest BCUT2D eigenvalue weighted by molar-refractivity contribution is 0.0194. The zero-order valence-corrected chi connectivity index (χ0v) is 16.4. The van der Waals surface area contributed by atoms with Crippen LogP contribution in [0.3, 0.4) is 0 Å². The van der Waals surface area contributed by atoms with Gasteiger partial charge in [-0.25, -0.2) is 8.42 Å². The van der Waals surface area contributed by atoms with Crippen LogP contribution >= 0.6 is 0 Å². The van der Waals surface area contributed by atoms with Gasteiger partial charge in [-0.1, -0.05) is 19.0 Å². The zero-order valence-electron chi connectivity index (χ0n) is 15.5. The van der Waals surface area contributed by atoms with Crippen molar-refractivity contribution in [3.8, 4) is 5.75 Å². The molecule has 0 bridgehead atoms. The monoisotopic (exact) mass is 393 g/mol. The molecule has 27 heavy (non-hydrogen) atoms. The Balaban J connectivity index is 1.58. The van der Waals surface area contributed by atoms with Crippen molar-refractivity contribution in [1.82, 2.24) is 14.4 Å². The summed E-state index contributed by atoms with van der Waals surface area (Å²) in [7, 11) is -3.74. The van der Waals surface area contributed by atoms with Gasteiger partial charge in [0.2, 0.25) is 10.0 Å². The van der Waals surface area contributed by atoms with Crippen LogP contribution in [0.4, 0.5) is 0 Å². The van der Waals surface area contributed by atoms with Crippen molar-refractivity contribution >= 4 is 10.0 Å². The molecule has 1 aromatic heterocycles. The summed E-state index contributed by atoms with van der Waals surface area (Å²) in [6, 6.07) is 4.91. The molecule has 2 aliphatic rings. The largest absolute Gasteiger partial charge is 0.490 e. The van der Waals surface area contributed by atoms with Gasteiger partial charge in [-0.3, -0.25) is 0 Å². The van der Waals surface area contributed by atoms with E-state index in [1.807, 2.05) is 20.8 Å². The Labute approximate surface area is 158 Å². The fourth-order valence-electron chi connectivity index (χ4n) is 3.51. The Morgan fingerprint density at radius 1 is 1.37 bits per heavy atom. The van der Waals surface area contributed by atoms with E-state index in [9.17, 15) is 13.5 Å². The lowest BCUT2D eigenvalue weighted by atomic mass is 10.0. The van der Waals surface area contributed by atoms with Crippen LogP contribution in [-0.2, 0) is 22.0 Å². The Morgan fingerprint density at radius 2 is 2.15 bits per heavy atom. The second-order valence-corrected chi connectivity index (χ2v) is 9.57. The first-order valence-corrected chi connectivity index (χ1v) is 10.5. The highest BCUT2D eigenvalue weighted by molar-refractivity contribution is 7.89. The molecular formula is C18H23N3O5S. The number of benzene rings is 1. The second-order valence-electron chi connectivity index (χ2n) is 7.63. The summed E-state index contributed by atoms with van der Waals surface area (Å²) in [6.45, 7) is 5.86. The molecular weight excluding hydrogens is 370 g/mol. The molecule has 0 unspecified atom stereocenters. The van der Waals surface area contributed by atoms with E-state index < -0.39 is 15.6 Å². The summed E-state index contributed by atoms with van der Waals surface area (Å²) in [5, 5.41) is 14.8. The van der Waals surface area contributed by atoms with E-state index in [0.29, 0.717) is 12.2 Å². The third-order valence-corrected chi connectivity index (χ3v) is 6.92. The molecule has 8 nitrogen and oxygen atoms in total. The molecule has 0 radical (unpaired) electrons. The van der Waals surface area contributed by atoms with Gasteiger partial charge in [0.1, 0.15) is 11.9 Å². The minimum atomic E-state index is -3.74. The van der Waals surface area contributed by atoms with Gasteiger partial charge in [0.15, 0.2) is 11.4 Å². The summed E-state index contributed by atoms with van der Waals surface area (Å²) >= 11 is 0. The molecule has 1 aromatic carbocycles. The third kappa shape index (κ3) is 3.13.